The number of methoxy groups -OCH3 is 4. The van der Waals surface area contributed by atoms with E-state index in [0.717, 1.165) is 47.6 Å². The topological polar surface area (TPSA) is 191 Å². The van der Waals surface area contributed by atoms with Gasteiger partial charge in [0.25, 0.3) is 0 Å². The molecule has 8 aliphatic carbocycles. The Balaban J connectivity index is 0.000000776. The molecule has 0 saturated heterocycles. The summed E-state index contributed by atoms with van der Waals surface area (Å²) in [7, 11) is 5.26. The van der Waals surface area contributed by atoms with Crippen molar-refractivity contribution in [3.05, 3.63) is 58.9 Å². The van der Waals surface area contributed by atoms with E-state index in [2.05, 4.69) is 75.4 Å². The van der Waals surface area contributed by atoms with E-state index in [1.165, 1.54) is 71.5 Å². The molecule has 10 unspecified atom stereocenters. The van der Waals surface area contributed by atoms with Crippen LogP contribution in [0.3, 0.4) is 0 Å². The van der Waals surface area contributed by atoms with Gasteiger partial charge in [-0.15, -0.1) is 6.42 Å². The van der Waals surface area contributed by atoms with Gasteiger partial charge in [-0.3, -0.25) is 19.0 Å². The second kappa shape index (κ2) is 30.0. The van der Waals surface area contributed by atoms with E-state index in [9.17, 15) is 38.7 Å². The summed E-state index contributed by atoms with van der Waals surface area (Å²) in [5, 5.41) is 9.22. The van der Waals surface area contributed by atoms with Crippen LogP contribution >= 0.6 is 31.9 Å². The predicted octanol–water partition coefficient (Wildman–Crippen LogP) is 4.42. The molecule has 8 aliphatic rings. The van der Waals surface area contributed by atoms with Gasteiger partial charge in [0.1, 0.15) is 17.3 Å². The van der Waals surface area contributed by atoms with Gasteiger partial charge in [-0.05, 0) is 119 Å². The van der Waals surface area contributed by atoms with E-state index >= 15 is 0 Å². The standard InChI is InChI=1S/C9H9BrO2.C9H13NO2.C9H10O3.C7H12O.C7H10O.C4H3BrO2.C4H4O2.B.Na.H/c1-12-9(11)7-5-2-3-6(4-5)8(7)10;1-9(2,3)12-8(11)10-6-4-5-7-10;1-12-9(11)7-5-2-3-6(4-5)8(7)10;2*8-7-4-5-1-2-6(7)3-5;1-7-4(6)2-3-5;1-3-4(5)6-2;;;/h2-3,5-6H,4H2,1H3;4-7H,1-3H3;2-3,5-7H,4H2,1H3;5-8H,1-4H2;5-6H,1-4H2;1H3;1H,2H3;;;/q;;;;;;;;+1;-1. The van der Waals surface area contributed by atoms with Crippen molar-refractivity contribution < 1.29 is 93.3 Å². The first-order chi connectivity index (χ1) is 30.8. The number of aromatic nitrogens is 1. The molecule has 0 aliphatic heterocycles. The number of ketones is 2. The van der Waals surface area contributed by atoms with Gasteiger partial charge in [-0.25, -0.2) is 19.2 Å². The van der Waals surface area contributed by atoms with Crippen LogP contribution in [0.5, 0.6) is 0 Å². The first kappa shape index (κ1) is 61.3. The molecular formula is C49H62BBr2NNaO13. The quantitative estimate of drug-likeness (QED) is 0.0835. The number of terminal acetylenes is 1. The Hall–Kier alpha value is -3.71. The van der Waals surface area contributed by atoms with Crippen LogP contribution in [0.25, 0.3) is 0 Å². The number of fused-ring (bicyclic) bond motifs is 8. The Kier molecular flexibility index (Phi) is 27.5. The van der Waals surface area contributed by atoms with Crippen LogP contribution in [0.4, 0.5) is 4.79 Å². The number of Topliss-reactive ketones (excluding diaryl/α,β-unsaturated/α-hetero) is 2. The van der Waals surface area contributed by atoms with Gasteiger partial charge in [0.2, 0.25) is 0 Å². The number of aliphatic hydroxyl groups excluding tert-OH is 1. The van der Waals surface area contributed by atoms with Crippen LogP contribution in [0.2, 0.25) is 0 Å². The maximum absolute atomic E-state index is 11.4. The largest absolute Gasteiger partial charge is 1.00 e. The zero-order valence-corrected chi connectivity index (χ0v) is 44.8. The molecule has 5 saturated carbocycles. The molecule has 1 aromatic rings. The number of allylic oxidation sites excluding steroid dienone is 5. The Morgan fingerprint density at radius 3 is 1.73 bits per heavy atom. The number of hydrogen-bond acceptors (Lipinski definition) is 13. The van der Waals surface area contributed by atoms with E-state index in [1.54, 1.807) is 30.4 Å². The number of nitrogens with zero attached hydrogens (tertiary/aromatic N) is 1. The molecular weight excluding hydrogens is 1000 g/mol. The molecule has 0 aromatic carbocycles. The van der Waals surface area contributed by atoms with Crippen molar-refractivity contribution in [1.82, 2.24) is 4.57 Å². The van der Waals surface area contributed by atoms with Gasteiger partial charge in [-0.1, -0.05) is 40.2 Å². The first-order valence-electron chi connectivity index (χ1n) is 21.6. The molecule has 67 heavy (non-hydrogen) atoms. The van der Waals surface area contributed by atoms with Crippen LogP contribution in [0.15, 0.2) is 58.9 Å². The Morgan fingerprint density at radius 2 is 1.40 bits per heavy atom. The molecule has 0 spiro atoms. The minimum absolute atomic E-state index is 0. The number of aliphatic hydroxyl groups is 1. The number of halogens is 2. The fourth-order valence-corrected chi connectivity index (χ4v) is 9.97. The second-order valence-corrected chi connectivity index (χ2v) is 18.8. The molecule has 1 N–H and O–H groups in total. The fraction of sp³-hybridized carbons (Fsp3) is 0.571. The van der Waals surface area contributed by atoms with E-state index in [1.807, 2.05) is 32.9 Å². The summed E-state index contributed by atoms with van der Waals surface area (Å²) < 4.78 is 25.0. The van der Waals surface area contributed by atoms with Crippen molar-refractivity contribution in [1.29, 1.82) is 0 Å². The summed E-state index contributed by atoms with van der Waals surface area (Å²) in [6.07, 6.45) is 27.3. The van der Waals surface area contributed by atoms with Gasteiger partial charge in [0, 0.05) is 83.2 Å². The molecule has 359 valence electrons. The van der Waals surface area contributed by atoms with Gasteiger partial charge < -0.3 is 30.2 Å². The number of carbonyl (C=O) groups excluding carboxylic acids is 7. The SMILES string of the molecule is C#CC(=O)OC.CC(C)(C)OC(=O)n1cccc1.COC(=O)C#CBr.COC(=O)C1=C(Br)C2C=CC1C2.COC(=O)C1C(=O)C2C=CC1C2.O=C1CC2CCC1C2.OC1CC2CCC1C2.[B].[H-].[Na+]. The summed E-state index contributed by atoms with van der Waals surface area (Å²) in [5.41, 5.74) is 0.381. The van der Waals surface area contributed by atoms with E-state index < -0.39 is 23.5 Å². The van der Waals surface area contributed by atoms with Gasteiger partial charge >= 0.3 is 59.5 Å². The van der Waals surface area contributed by atoms with Gasteiger partial charge in [-0.2, -0.15) is 0 Å². The summed E-state index contributed by atoms with van der Waals surface area (Å²) in [6, 6.07) is 3.56. The maximum Gasteiger partial charge on any atom is 1.00 e. The Labute approximate surface area is 437 Å². The minimum Gasteiger partial charge on any atom is -1.00 e. The number of esters is 4. The monoisotopic (exact) mass is 1060 g/mol. The van der Waals surface area contributed by atoms with Gasteiger partial charge in [0.05, 0.1) is 40.1 Å². The molecule has 1 aromatic heterocycles. The minimum atomic E-state index is -0.630. The zero-order valence-electron chi connectivity index (χ0n) is 40.7. The average Bonchev–Trinajstić information content (AvgIpc) is 4.14. The molecule has 18 heteroatoms. The molecule has 5 fully saturated rings. The van der Waals surface area contributed by atoms with Gasteiger partial charge in [0.15, 0.2) is 5.78 Å². The van der Waals surface area contributed by atoms with Crippen molar-refractivity contribution >= 4 is 81.8 Å². The molecule has 8 bridgehead atoms. The van der Waals surface area contributed by atoms with Crippen molar-refractivity contribution in [2.24, 2.45) is 53.3 Å². The first-order valence-corrected chi connectivity index (χ1v) is 23.2. The van der Waals surface area contributed by atoms with Crippen LogP contribution in [-0.2, 0) is 52.5 Å². The normalized spacial score (nSPS) is 27.1. The van der Waals surface area contributed by atoms with E-state index in [0.29, 0.717) is 23.5 Å². The third-order valence-electron chi connectivity index (χ3n) is 12.1. The van der Waals surface area contributed by atoms with E-state index in [-0.39, 0.29) is 87.1 Å². The van der Waals surface area contributed by atoms with Crippen molar-refractivity contribution in [2.45, 2.75) is 96.7 Å². The average molecular weight is 1070 g/mol. The number of hydrogen-bond donors (Lipinski definition) is 1. The smallest absolute Gasteiger partial charge is 1.00 e. The molecule has 1 heterocycles. The van der Waals surface area contributed by atoms with E-state index in [4.69, 9.17) is 9.47 Å². The summed E-state index contributed by atoms with van der Waals surface area (Å²) in [6.45, 7) is 5.52. The summed E-state index contributed by atoms with van der Waals surface area (Å²) in [5.74, 6) is 5.88. The number of rotatable bonds is 2. The van der Waals surface area contributed by atoms with Crippen molar-refractivity contribution in [3.63, 3.8) is 0 Å². The molecule has 14 nitrogen and oxygen atoms in total. The summed E-state index contributed by atoms with van der Waals surface area (Å²) >= 11 is 6.16. The molecule has 10 atom stereocenters. The number of carbonyl (C=O) groups is 7. The van der Waals surface area contributed by atoms with Crippen LogP contribution < -0.4 is 29.6 Å². The maximum atomic E-state index is 11.4. The Bertz CT molecular complexity index is 2070. The third kappa shape index (κ3) is 19.0. The van der Waals surface area contributed by atoms with Crippen LogP contribution in [-0.4, -0.2) is 99.8 Å². The van der Waals surface area contributed by atoms with Crippen LogP contribution in [0.1, 0.15) is 86.4 Å². The zero-order chi connectivity index (χ0) is 48.4. The fourth-order valence-electron chi connectivity index (χ4n) is 9.02. The van der Waals surface area contributed by atoms with Crippen LogP contribution in [0, 0.1) is 76.4 Å². The number of ether oxygens (including phenoxy) is 5. The molecule has 9 rings (SSSR count). The second-order valence-electron chi connectivity index (χ2n) is 17.6. The van der Waals surface area contributed by atoms with Crippen molar-refractivity contribution in [2.75, 3.05) is 28.4 Å². The third-order valence-corrected chi connectivity index (χ3v) is 13.4. The molecule has 3 radical (unpaired) electrons. The predicted molar refractivity (Wildman–Crippen MR) is 254 cm³/mol. The van der Waals surface area contributed by atoms with Crippen molar-refractivity contribution in [3.8, 4) is 23.1 Å². The summed E-state index contributed by atoms with van der Waals surface area (Å²) in [4.78, 5) is 77.8. The Morgan fingerprint density at radius 1 is 0.791 bits per heavy atom. The molecule has 0 amide bonds.